The first kappa shape index (κ1) is 25.0. The Balaban J connectivity index is 1.37. The number of alkyl halides is 3. The second-order valence-electron chi connectivity index (χ2n) is 8.35. The van der Waals surface area contributed by atoms with Gasteiger partial charge in [-0.1, -0.05) is 53.3 Å². The molecule has 1 aliphatic heterocycles. The Morgan fingerprint density at radius 1 is 1.11 bits per heavy atom. The van der Waals surface area contributed by atoms with Crippen molar-refractivity contribution in [3.63, 3.8) is 0 Å². The van der Waals surface area contributed by atoms with Crippen LogP contribution >= 0.6 is 11.8 Å². The Morgan fingerprint density at radius 2 is 1.95 bits per heavy atom. The van der Waals surface area contributed by atoms with E-state index >= 15 is 0 Å². The van der Waals surface area contributed by atoms with Gasteiger partial charge in [0, 0.05) is 24.0 Å². The molecule has 0 saturated carbocycles. The minimum atomic E-state index is -4.51. The third-order valence-corrected chi connectivity index (χ3v) is 6.83. The van der Waals surface area contributed by atoms with Crippen molar-refractivity contribution >= 4 is 17.7 Å². The van der Waals surface area contributed by atoms with E-state index in [1.54, 1.807) is 6.07 Å². The Labute approximate surface area is 214 Å². The van der Waals surface area contributed by atoms with E-state index in [0.29, 0.717) is 23.2 Å². The maximum absolute atomic E-state index is 13.4. The molecule has 1 N–H and O–H groups in total. The molecule has 1 saturated heterocycles. The molecule has 0 aliphatic carbocycles. The van der Waals surface area contributed by atoms with E-state index in [1.807, 2.05) is 30.3 Å². The maximum Gasteiger partial charge on any atom is 0.416 e. The monoisotopic (exact) mass is 529 g/mol. The van der Waals surface area contributed by atoms with Gasteiger partial charge in [-0.2, -0.15) is 13.2 Å². The molecule has 0 unspecified atom stereocenters. The summed E-state index contributed by atoms with van der Waals surface area (Å²) in [5, 5.41) is 15.4. The Morgan fingerprint density at radius 3 is 2.70 bits per heavy atom. The normalized spacial score (nSPS) is 15.7. The average Bonchev–Trinajstić information content (AvgIpc) is 3.67. The summed E-state index contributed by atoms with van der Waals surface area (Å²) in [6.45, 7) is 0.598. The molecule has 1 fully saturated rings. The molecule has 0 bridgehead atoms. The van der Waals surface area contributed by atoms with Crippen molar-refractivity contribution in [1.82, 2.24) is 25.2 Å². The molecule has 8 nitrogen and oxygen atoms in total. The van der Waals surface area contributed by atoms with Gasteiger partial charge in [0.1, 0.15) is 5.69 Å². The second kappa shape index (κ2) is 10.8. The van der Waals surface area contributed by atoms with Crippen LogP contribution in [0.3, 0.4) is 0 Å². The number of aromatic nitrogens is 4. The lowest BCUT2D eigenvalue weighted by Crippen LogP contribution is -2.24. The molecular weight excluding hydrogens is 507 g/mol. The number of rotatable bonds is 8. The highest BCUT2D eigenvalue weighted by Gasteiger charge is 2.31. The second-order valence-corrected chi connectivity index (χ2v) is 9.34. The molecule has 2 aromatic heterocycles. The van der Waals surface area contributed by atoms with Crippen LogP contribution in [0, 0.1) is 0 Å². The summed E-state index contributed by atoms with van der Waals surface area (Å²) in [5.74, 6) is 0.313. The number of benzene rings is 2. The van der Waals surface area contributed by atoms with Crippen LogP contribution in [-0.2, 0) is 17.5 Å². The van der Waals surface area contributed by atoms with Gasteiger partial charge in [0.2, 0.25) is 5.76 Å². The van der Waals surface area contributed by atoms with Crippen molar-refractivity contribution in [3.05, 3.63) is 77.8 Å². The molecule has 0 spiro atoms. The number of halogens is 3. The highest BCUT2D eigenvalue weighted by Crippen LogP contribution is 2.32. The number of nitrogens with one attached hydrogen (secondary N) is 1. The van der Waals surface area contributed by atoms with Crippen LogP contribution in [0.15, 0.2) is 70.3 Å². The Hall–Kier alpha value is -3.64. The van der Waals surface area contributed by atoms with E-state index in [-0.39, 0.29) is 29.9 Å². The van der Waals surface area contributed by atoms with Gasteiger partial charge in [0.05, 0.1) is 23.9 Å². The van der Waals surface area contributed by atoms with Crippen molar-refractivity contribution < 1.29 is 27.2 Å². The van der Waals surface area contributed by atoms with E-state index in [4.69, 9.17) is 9.26 Å². The highest BCUT2D eigenvalue weighted by atomic mass is 32.2. The molecule has 192 valence electrons. The fraction of sp³-hybridized carbons (Fsp3) is 0.280. The zero-order valence-electron chi connectivity index (χ0n) is 19.4. The van der Waals surface area contributed by atoms with Crippen LogP contribution in [0.5, 0.6) is 0 Å². The number of hydrogen-bond acceptors (Lipinski definition) is 7. The lowest BCUT2D eigenvalue weighted by atomic mass is 10.1. The summed E-state index contributed by atoms with van der Waals surface area (Å²) in [6, 6.07) is 15.7. The smallest absolute Gasteiger partial charge is 0.377 e. The predicted octanol–water partition coefficient (Wildman–Crippen LogP) is 5.14. The van der Waals surface area contributed by atoms with E-state index < -0.39 is 17.6 Å². The number of hydrogen-bond donors (Lipinski definition) is 1. The van der Waals surface area contributed by atoms with Crippen LogP contribution in [0.4, 0.5) is 13.2 Å². The zero-order chi connectivity index (χ0) is 25.8. The van der Waals surface area contributed by atoms with Crippen LogP contribution in [0.1, 0.15) is 34.8 Å². The van der Waals surface area contributed by atoms with Gasteiger partial charge in [-0.05, 0) is 31.0 Å². The largest absolute Gasteiger partial charge is 0.416 e. The maximum atomic E-state index is 13.4. The molecule has 37 heavy (non-hydrogen) atoms. The standard InChI is InChI=1S/C25H22F3N5O3S/c26-25(27,28)17-8-4-9-18(12-17)33-22(30-31-24(33)37-15-19-10-5-11-35-19)14-29-23(34)21-13-20(32-36-21)16-6-2-1-3-7-16/h1-4,6-9,12-13,19H,5,10-11,14-15H2,(H,29,34)/t19-/m1/s1. The van der Waals surface area contributed by atoms with Gasteiger partial charge >= 0.3 is 6.18 Å². The van der Waals surface area contributed by atoms with Gasteiger partial charge in [-0.3, -0.25) is 9.36 Å². The van der Waals surface area contributed by atoms with Crippen LogP contribution in [0.2, 0.25) is 0 Å². The minimum absolute atomic E-state index is 0.00281. The van der Waals surface area contributed by atoms with Crippen molar-refractivity contribution in [2.24, 2.45) is 0 Å². The van der Waals surface area contributed by atoms with E-state index in [1.165, 1.54) is 28.5 Å². The minimum Gasteiger partial charge on any atom is -0.377 e. The number of carbonyl (C=O) groups excluding carboxylic acids is 1. The summed E-state index contributed by atoms with van der Waals surface area (Å²) in [6.07, 6.45) is -2.58. The van der Waals surface area contributed by atoms with Crippen molar-refractivity contribution in [1.29, 1.82) is 0 Å². The number of ether oxygens (including phenoxy) is 1. The molecule has 5 rings (SSSR count). The van der Waals surface area contributed by atoms with Gasteiger partial charge in [-0.15, -0.1) is 10.2 Å². The summed E-state index contributed by atoms with van der Waals surface area (Å²) >= 11 is 1.35. The fourth-order valence-electron chi connectivity index (χ4n) is 3.91. The summed E-state index contributed by atoms with van der Waals surface area (Å²) in [4.78, 5) is 12.7. The SMILES string of the molecule is O=C(NCc1nnc(SC[C@H]2CCCO2)n1-c1cccc(C(F)(F)F)c1)c1cc(-c2ccccc2)no1. The third-order valence-electron chi connectivity index (χ3n) is 5.76. The predicted molar refractivity (Wildman–Crippen MR) is 129 cm³/mol. The van der Waals surface area contributed by atoms with E-state index in [9.17, 15) is 18.0 Å². The van der Waals surface area contributed by atoms with Gasteiger partial charge < -0.3 is 14.6 Å². The van der Waals surface area contributed by atoms with Crippen molar-refractivity contribution in [2.45, 2.75) is 36.8 Å². The van der Waals surface area contributed by atoms with Crippen molar-refractivity contribution in [3.8, 4) is 16.9 Å². The fourth-order valence-corrected chi connectivity index (χ4v) is 4.94. The molecule has 1 amide bonds. The molecule has 4 aromatic rings. The quantitative estimate of drug-likeness (QED) is 0.316. The van der Waals surface area contributed by atoms with Gasteiger partial charge in [0.15, 0.2) is 11.0 Å². The molecule has 3 heterocycles. The van der Waals surface area contributed by atoms with Crippen LogP contribution in [0.25, 0.3) is 16.9 Å². The molecule has 0 radical (unpaired) electrons. The van der Waals surface area contributed by atoms with Crippen LogP contribution < -0.4 is 5.32 Å². The summed E-state index contributed by atoms with van der Waals surface area (Å²) < 4.78 is 52.5. The van der Waals surface area contributed by atoms with Crippen LogP contribution in [-0.4, -0.2) is 44.3 Å². The first-order chi connectivity index (χ1) is 17.9. The first-order valence-corrected chi connectivity index (χ1v) is 12.5. The number of nitrogens with zero attached hydrogens (tertiary/aromatic N) is 4. The van der Waals surface area contributed by atoms with E-state index in [2.05, 4.69) is 20.7 Å². The lowest BCUT2D eigenvalue weighted by Gasteiger charge is -2.14. The molecule has 1 aliphatic rings. The lowest BCUT2D eigenvalue weighted by molar-refractivity contribution is -0.137. The number of amides is 1. The average molecular weight is 530 g/mol. The van der Waals surface area contributed by atoms with Gasteiger partial charge in [0.25, 0.3) is 5.91 Å². The zero-order valence-corrected chi connectivity index (χ0v) is 20.3. The Kier molecular flexibility index (Phi) is 7.28. The first-order valence-electron chi connectivity index (χ1n) is 11.5. The van der Waals surface area contributed by atoms with Gasteiger partial charge in [-0.25, -0.2) is 0 Å². The molecule has 1 atom stereocenters. The molecule has 12 heteroatoms. The highest BCUT2D eigenvalue weighted by molar-refractivity contribution is 7.99. The summed E-state index contributed by atoms with van der Waals surface area (Å²) in [7, 11) is 0. The summed E-state index contributed by atoms with van der Waals surface area (Å²) in [5.41, 5.74) is 0.747. The van der Waals surface area contributed by atoms with E-state index in [0.717, 1.165) is 30.5 Å². The third kappa shape index (κ3) is 5.86. The number of carbonyl (C=O) groups is 1. The van der Waals surface area contributed by atoms with Crippen molar-refractivity contribution in [2.75, 3.05) is 12.4 Å². The molecule has 2 aromatic carbocycles. The number of thioether (sulfide) groups is 1. The molecular formula is C25H22F3N5O3S. The topological polar surface area (TPSA) is 95.1 Å². The Bertz CT molecular complexity index is 1370.